The Kier molecular flexibility index (Phi) is 2.97. The minimum absolute atomic E-state index is 1.17. The largest absolute Gasteiger partial charge is 0.0622 e. The van der Waals surface area contributed by atoms with Crippen LogP contribution in [0, 0.1) is 13.3 Å². The first-order valence-electron chi connectivity index (χ1n) is 7.08. The van der Waals surface area contributed by atoms with Gasteiger partial charge in [0.15, 0.2) is 0 Å². The lowest BCUT2D eigenvalue weighted by Crippen LogP contribution is -1.92. The van der Waals surface area contributed by atoms with Gasteiger partial charge < -0.3 is 0 Å². The third-order valence-corrected chi connectivity index (χ3v) is 5.00. The molecule has 0 aliphatic heterocycles. The van der Waals surface area contributed by atoms with Crippen LogP contribution in [0.15, 0.2) is 65.1 Å². The Hall–Kier alpha value is -1.86. The van der Waals surface area contributed by atoms with E-state index in [2.05, 4.69) is 89.9 Å². The molecule has 1 radical (unpaired) electrons. The molecule has 1 aliphatic carbocycles. The van der Waals surface area contributed by atoms with E-state index >= 15 is 0 Å². The van der Waals surface area contributed by atoms with Crippen LogP contribution in [0.5, 0.6) is 0 Å². The second-order valence-electron chi connectivity index (χ2n) is 5.42. The number of rotatable bonds is 1. The Morgan fingerprint density at radius 1 is 0.810 bits per heavy atom. The molecule has 0 atom stereocenters. The molecule has 21 heavy (non-hydrogen) atoms. The molecule has 0 bridgehead atoms. The summed E-state index contributed by atoms with van der Waals surface area (Å²) in [6.07, 6.45) is 2.31. The summed E-state index contributed by atoms with van der Waals surface area (Å²) in [5.74, 6) is 0. The SMILES string of the molecule is Cc1c(Br)cc2c(c1-c1ccccc1)[CH]c1ccccc1-2. The highest BCUT2D eigenvalue weighted by atomic mass is 79.9. The molecule has 3 aromatic rings. The van der Waals surface area contributed by atoms with Crippen molar-refractivity contribution in [2.24, 2.45) is 0 Å². The fourth-order valence-corrected chi connectivity index (χ4v) is 3.57. The van der Waals surface area contributed by atoms with Gasteiger partial charge in [-0.05, 0) is 51.9 Å². The molecule has 1 aliphatic rings. The van der Waals surface area contributed by atoms with Gasteiger partial charge in [0, 0.05) is 10.9 Å². The van der Waals surface area contributed by atoms with Crippen LogP contribution < -0.4 is 0 Å². The number of benzene rings is 3. The third kappa shape index (κ3) is 1.96. The molecule has 0 spiro atoms. The normalized spacial score (nSPS) is 12.1. The van der Waals surface area contributed by atoms with Crippen LogP contribution in [0.2, 0.25) is 0 Å². The second kappa shape index (κ2) is 4.85. The average Bonchev–Trinajstić information content (AvgIpc) is 2.87. The van der Waals surface area contributed by atoms with Gasteiger partial charge in [-0.15, -0.1) is 0 Å². The fraction of sp³-hybridized carbons (Fsp3) is 0.0500. The lowest BCUT2D eigenvalue weighted by molar-refractivity contribution is 1.39. The lowest BCUT2D eigenvalue weighted by atomic mass is 9.92. The van der Waals surface area contributed by atoms with Crippen LogP contribution >= 0.6 is 15.9 Å². The monoisotopic (exact) mass is 333 g/mol. The Bertz CT molecular complexity index is 832. The summed E-state index contributed by atoms with van der Waals surface area (Å²) in [5, 5.41) is 0. The van der Waals surface area contributed by atoms with Crippen molar-refractivity contribution in [3.05, 3.63) is 88.2 Å². The van der Waals surface area contributed by atoms with Crippen LogP contribution in [0.1, 0.15) is 16.7 Å². The van der Waals surface area contributed by atoms with Crippen molar-refractivity contribution in [1.29, 1.82) is 0 Å². The Labute approximate surface area is 133 Å². The first kappa shape index (κ1) is 12.8. The van der Waals surface area contributed by atoms with Crippen molar-refractivity contribution in [2.75, 3.05) is 0 Å². The van der Waals surface area contributed by atoms with Crippen LogP contribution in [0.3, 0.4) is 0 Å². The predicted molar refractivity (Wildman–Crippen MR) is 92.3 cm³/mol. The summed E-state index contributed by atoms with van der Waals surface area (Å²) >= 11 is 3.73. The molecule has 0 aromatic heterocycles. The topological polar surface area (TPSA) is 0 Å². The first-order valence-corrected chi connectivity index (χ1v) is 7.87. The zero-order valence-electron chi connectivity index (χ0n) is 11.7. The van der Waals surface area contributed by atoms with E-state index in [-0.39, 0.29) is 0 Å². The Morgan fingerprint density at radius 2 is 1.52 bits per heavy atom. The van der Waals surface area contributed by atoms with Crippen molar-refractivity contribution < 1.29 is 0 Å². The third-order valence-electron chi connectivity index (χ3n) is 4.18. The molecule has 101 valence electrons. The summed E-state index contributed by atoms with van der Waals surface area (Å²) < 4.78 is 1.17. The summed E-state index contributed by atoms with van der Waals surface area (Å²) in [6, 6.07) is 21.5. The molecule has 0 amide bonds. The van der Waals surface area contributed by atoms with E-state index in [1.54, 1.807) is 0 Å². The van der Waals surface area contributed by atoms with Crippen molar-refractivity contribution in [3.8, 4) is 22.3 Å². The molecule has 0 saturated heterocycles. The smallest absolute Gasteiger partial charge is 0.0218 e. The maximum absolute atomic E-state index is 3.73. The summed E-state index contributed by atoms with van der Waals surface area (Å²) in [4.78, 5) is 0. The molecule has 4 rings (SSSR count). The van der Waals surface area contributed by atoms with Crippen LogP contribution in [0.4, 0.5) is 0 Å². The molecule has 0 saturated carbocycles. The minimum Gasteiger partial charge on any atom is -0.0622 e. The van der Waals surface area contributed by atoms with E-state index in [0.717, 1.165) is 0 Å². The van der Waals surface area contributed by atoms with E-state index < -0.39 is 0 Å². The molecular weight excluding hydrogens is 320 g/mol. The van der Waals surface area contributed by atoms with E-state index in [0.29, 0.717) is 0 Å². The second-order valence-corrected chi connectivity index (χ2v) is 6.27. The van der Waals surface area contributed by atoms with Gasteiger partial charge in [-0.3, -0.25) is 0 Å². The molecule has 1 heteroatoms. The molecule has 0 nitrogen and oxygen atoms in total. The first-order chi connectivity index (χ1) is 10.3. The van der Waals surface area contributed by atoms with Gasteiger partial charge >= 0.3 is 0 Å². The highest BCUT2D eigenvalue weighted by molar-refractivity contribution is 9.10. The van der Waals surface area contributed by atoms with Crippen molar-refractivity contribution in [3.63, 3.8) is 0 Å². The van der Waals surface area contributed by atoms with Gasteiger partial charge in [0.1, 0.15) is 0 Å². The maximum atomic E-state index is 3.73. The van der Waals surface area contributed by atoms with Crippen LogP contribution in [-0.4, -0.2) is 0 Å². The van der Waals surface area contributed by atoms with Gasteiger partial charge in [0.05, 0.1) is 0 Å². The molecule has 0 fully saturated rings. The maximum Gasteiger partial charge on any atom is 0.0218 e. The molecule has 3 aromatic carbocycles. The van der Waals surface area contributed by atoms with Gasteiger partial charge in [0.25, 0.3) is 0 Å². The number of hydrogen-bond acceptors (Lipinski definition) is 0. The Balaban J connectivity index is 2.04. The standard InChI is InChI=1S/C20H14Br/c1-13-19(21)12-17-16-10-6-5-9-15(16)11-18(17)20(13)14-7-3-2-4-8-14/h2-12H,1H3. The van der Waals surface area contributed by atoms with Gasteiger partial charge in [-0.2, -0.15) is 0 Å². The quantitative estimate of drug-likeness (QED) is 0.400. The highest BCUT2D eigenvalue weighted by Gasteiger charge is 2.24. The van der Waals surface area contributed by atoms with E-state index in [1.165, 1.54) is 43.4 Å². The van der Waals surface area contributed by atoms with Gasteiger partial charge in [-0.1, -0.05) is 70.5 Å². The molecule has 0 unspecified atom stereocenters. The van der Waals surface area contributed by atoms with Gasteiger partial charge in [-0.25, -0.2) is 0 Å². The molecule has 0 heterocycles. The summed E-state index contributed by atoms with van der Waals surface area (Å²) in [5.41, 5.74) is 9.19. The van der Waals surface area contributed by atoms with E-state index in [1.807, 2.05) is 0 Å². The molecular formula is C20H14Br. The van der Waals surface area contributed by atoms with Crippen molar-refractivity contribution >= 4 is 15.9 Å². The zero-order valence-corrected chi connectivity index (χ0v) is 13.3. The van der Waals surface area contributed by atoms with E-state index in [4.69, 9.17) is 0 Å². The number of halogens is 1. The van der Waals surface area contributed by atoms with Crippen LogP contribution in [0.25, 0.3) is 22.3 Å². The highest BCUT2D eigenvalue weighted by Crippen LogP contribution is 2.46. The van der Waals surface area contributed by atoms with Crippen LogP contribution in [-0.2, 0) is 0 Å². The van der Waals surface area contributed by atoms with Crippen molar-refractivity contribution in [1.82, 2.24) is 0 Å². The minimum atomic E-state index is 1.17. The Morgan fingerprint density at radius 3 is 2.33 bits per heavy atom. The number of hydrogen-bond donors (Lipinski definition) is 0. The summed E-state index contributed by atoms with van der Waals surface area (Å²) in [6.45, 7) is 2.18. The van der Waals surface area contributed by atoms with Gasteiger partial charge in [0.2, 0.25) is 0 Å². The average molecular weight is 334 g/mol. The van der Waals surface area contributed by atoms with E-state index in [9.17, 15) is 0 Å². The predicted octanol–water partition coefficient (Wildman–Crippen LogP) is 6.01. The zero-order chi connectivity index (χ0) is 14.4. The fourth-order valence-electron chi connectivity index (χ4n) is 3.14. The number of fused-ring (bicyclic) bond motifs is 3. The van der Waals surface area contributed by atoms with Crippen molar-refractivity contribution in [2.45, 2.75) is 6.92 Å². The summed E-state index contributed by atoms with van der Waals surface area (Å²) in [7, 11) is 0. The lowest BCUT2D eigenvalue weighted by Gasteiger charge is -2.14. The molecule has 0 N–H and O–H groups in total.